The van der Waals surface area contributed by atoms with Crippen LogP contribution in [0.25, 0.3) is 0 Å². The highest BCUT2D eigenvalue weighted by molar-refractivity contribution is 9.10. The average Bonchev–Trinajstić information content (AvgIpc) is 2.43. The second-order valence-corrected chi connectivity index (χ2v) is 5.13. The molecule has 0 atom stereocenters. The monoisotopic (exact) mass is 350 g/mol. The fourth-order valence-electron chi connectivity index (χ4n) is 1.71. The van der Waals surface area contributed by atoms with Crippen molar-refractivity contribution in [3.8, 4) is 0 Å². The zero-order valence-electron chi connectivity index (χ0n) is 10.7. The van der Waals surface area contributed by atoms with E-state index in [4.69, 9.17) is 5.11 Å². The first kappa shape index (κ1) is 15.0. The number of carbonyl (C=O) groups is 2. The third kappa shape index (κ3) is 3.79. The largest absolute Gasteiger partial charge is 0.480 e. The first-order valence-electron chi connectivity index (χ1n) is 5.95. The number of benzene rings is 1. The molecule has 0 aliphatic carbocycles. The number of carbonyl (C=O) groups excluding carboxylic acids is 1. The number of nitrogens with one attached hydrogen (secondary N) is 1. The van der Waals surface area contributed by atoms with Crippen LogP contribution in [0.3, 0.4) is 0 Å². The van der Waals surface area contributed by atoms with Crippen molar-refractivity contribution in [2.45, 2.75) is 6.54 Å². The van der Waals surface area contributed by atoms with Gasteiger partial charge in [-0.1, -0.05) is 15.9 Å². The summed E-state index contributed by atoms with van der Waals surface area (Å²) in [5.41, 5.74) is -0.215. The van der Waals surface area contributed by atoms with E-state index in [9.17, 15) is 14.4 Å². The molecule has 0 radical (unpaired) electrons. The van der Waals surface area contributed by atoms with Crippen molar-refractivity contribution in [3.63, 3.8) is 0 Å². The van der Waals surface area contributed by atoms with Crippen LogP contribution in [-0.2, 0) is 11.3 Å². The maximum Gasteiger partial charge on any atom is 0.323 e. The molecular formula is C14H11BrN2O4. The van der Waals surface area contributed by atoms with Crippen molar-refractivity contribution in [1.82, 2.24) is 4.57 Å². The Morgan fingerprint density at radius 1 is 1.19 bits per heavy atom. The molecule has 7 heteroatoms. The second kappa shape index (κ2) is 6.36. The summed E-state index contributed by atoms with van der Waals surface area (Å²) >= 11 is 3.28. The maximum atomic E-state index is 12.1. The number of aromatic nitrogens is 1. The summed E-state index contributed by atoms with van der Waals surface area (Å²) in [4.78, 5) is 34.8. The molecule has 0 bridgehead atoms. The van der Waals surface area contributed by atoms with Crippen molar-refractivity contribution in [1.29, 1.82) is 0 Å². The lowest BCUT2D eigenvalue weighted by atomic mass is 10.2. The van der Waals surface area contributed by atoms with Gasteiger partial charge in [0.2, 0.25) is 0 Å². The lowest BCUT2D eigenvalue weighted by molar-refractivity contribution is -0.137. The molecule has 2 aromatic rings. The predicted octanol–water partition coefficient (Wildman–Crippen LogP) is 1.95. The summed E-state index contributed by atoms with van der Waals surface area (Å²) in [6.07, 6.45) is 1.33. The van der Waals surface area contributed by atoms with Crippen LogP contribution < -0.4 is 10.9 Å². The number of carboxylic acids is 1. The molecule has 2 rings (SSSR count). The van der Waals surface area contributed by atoms with E-state index in [2.05, 4.69) is 21.2 Å². The lowest BCUT2D eigenvalue weighted by Crippen LogP contribution is -2.30. The van der Waals surface area contributed by atoms with E-state index in [-0.39, 0.29) is 5.56 Å². The van der Waals surface area contributed by atoms with Crippen LogP contribution in [0.15, 0.2) is 51.9 Å². The van der Waals surface area contributed by atoms with Gasteiger partial charge in [-0.05, 0) is 36.4 Å². The first-order chi connectivity index (χ1) is 9.97. The SMILES string of the molecule is O=C(O)Cn1cccc(C(=O)Nc2ccc(Br)cc2)c1=O. The molecule has 0 aliphatic rings. The molecule has 6 nitrogen and oxygen atoms in total. The molecule has 0 saturated heterocycles. The number of nitrogens with zero attached hydrogens (tertiary/aromatic N) is 1. The molecule has 108 valence electrons. The van der Waals surface area contributed by atoms with Crippen LogP contribution >= 0.6 is 15.9 Å². The van der Waals surface area contributed by atoms with E-state index in [1.807, 2.05) is 0 Å². The van der Waals surface area contributed by atoms with Crippen molar-refractivity contribution >= 4 is 33.5 Å². The number of carboxylic acid groups (broad SMARTS) is 1. The van der Waals surface area contributed by atoms with Crippen LogP contribution in [0.1, 0.15) is 10.4 Å². The van der Waals surface area contributed by atoms with E-state index in [0.717, 1.165) is 9.04 Å². The van der Waals surface area contributed by atoms with Gasteiger partial charge < -0.3 is 15.0 Å². The summed E-state index contributed by atoms with van der Waals surface area (Å²) in [5.74, 6) is -1.73. The van der Waals surface area contributed by atoms with Gasteiger partial charge in [0, 0.05) is 16.4 Å². The Hall–Kier alpha value is -2.41. The quantitative estimate of drug-likeness (QED) is 0.881. The zero-order chi connectivity index (χ0) is 15.4. The lowest BCUT2D eigenvalue weighted by Gasteiger charge is -2.07. The van der Waals surface area contributed by atoms with E-state index in [1.165, 1.54) is 18.3 Å². The molecule has 1 amide bonds. The highest BCUT2D eigenvalue weighted by Crippen LogP contribution is 2.14. The number of rotatable bonds is 4. The van der Waals surface area contributed by atoms with Crippen molar-refractivity contribution < 1.29 is 14.7 Å². The Labute approximate surface area is 128 Å². The van der Waals surface area contributed by atoms with Crippen LogP contribution in [-0.4, -0.2) is 21.6 Å². The Morgan fingerprint density at radius 2 is 1.86 bits per heavy atom. The Kier molecular flexibility index (Phi) is 4.54. The number of pyridine rings is 1. The van der Waals surface area contributed by atoms with Crippen LogP contribution in [0.2, 0.25) is 0 Å². The maximum absolute atomic E-state index is 12.1. The fraction of sp³-hybridized carbons (Fsp3) is 0.0714. The van der Waals surface area contributed by atoms with Gasteiger partial charge in [0.25, 0.3) is 11.5 Å². The minimum atomic E-state index is -1.15. The first-order valence-corrected chi connectivity index (χ1v) is 6.75. The molecule has 0 saturated carbocycles. The highest BCUT2D eigenvalue weighted by Gasteiger charge is 2.13. The normalized spacial score (nSPS) is 10.1. The summed E-state index contributed by atoms with van der Waals surface area (Å²) in [7, 11) is 0. The smallest absolute Gasteiger partial charge is 0.323 e. The van der Waals surface area contributed by atoms with Crippen LogP contribution in [0.4, 0.5) is 5.69 Å². The summed E-state index contributed by atoms with van der Waals surface area (Å²) in [6, 6.07) is 9.68. The van der Waals surface area contributed by atoms with Gasteiger partial charge in [-0.2, -0.15) is 0 Å². The third-order valence-corrected chi connectivity index (χ3v) is 3.20. The van der Waals surface area contributed by atoms with Gasteiger partial charge in [0.05, 0.1) is 0 Å². The number of hydrogen-bond acceptors (Lipinski definition) is 3. The molecule has 0 spiro atoms. The predicted molar refractivity (Wildman–Crippen MR) is 80.4 cm³/mol. The Morgan fingerprint density at radius 3 is 2.48 bits per heavy atom. The van der Waals surface area contributed by atoms with E-state index < -0.39 is 24.0 Å². The van der Waals surface area contributed by atoms with Gasteiger partial charge in [0.1, 0.15) is 12.1 Å². The van der Waals surface area contributed by atoms with E-state index in [0.29, 0.717) is 5.69 Å². The molecular weight excluding hydrogens is 340 g/mol. The van der Waals surface area contributed by atoms with Crippen molar-refractivity contribution in [2.24, 2.45) is 0 Å². The minimum Gasteiger partial charge on any atom is -0.480 e. The molecule has 1 aromatic carbocycles. The molecule has 1 heterocycles. The Bertz CT molecular complexity index is 737. The van der Waals surface area contributed by atoms with Crippen LogP contribution in [0, 0.1) is 0 Å². The summed E-state index contributed by atoms with van der Waals surface area (Å²) < 4.78 is 1.84. The van der Waals surface area contributed by atoms with Crippen molar-refractivity contribution in [3.05, 3.63) is 63.0 Å². The molecule has 0 fully saturated rings. The molecule has 0 aliphatic heterocycles. The summed E-state index contributed by atoms with van der Waals surface area (Å²) in [5, 5.41) is 11.3. The van der Waals surface area contributed by atoms with Gasteiger partial charge in [-0.3, -0.25) is 14.4 Å². The molecule has 2 N–H and O–H groups in total. The second-order valence-electron chi connectivity index (χ2n) is 4.21. The fourth-order valence-corrected chi connectivity index (χ4v) is 1.98. The molecule has 0 unspecified atom stereocenters. The minimum absolute atomic E-state index is 0.110. The Balaban J connectivity index is 2.25. The zero-order valence-corrected chi connectivity index (χ0v) is 12.3. The van der Waals surface area contributed by atoms with Gasteiger partial charge in [0.15, 0.2) is 0 Å². The van der Waals surface area contributed by atoms with Gasteiger partial charge in [-0.15, -0.1) is 0 Å². The topological polar surface area (TPSA) is 88.4 Å². The van der Waals surface area contributed by atoms with E-state index in [1.54, 1.807) is 24.3 Å². The molecule has 21 heavy (non-hydrogen) atoms. The standard InChI is InChI=1S/C14H11BrN2O4/c15-9-3-5-10(6-4-9)16-13(20)11-2-1-7-17(14(11)21)8-12(18)19/h1-7H,8H2,(H,16,20)(H,18,19). The van der Waals surface area contributed by atoms with E-state index >= 15 is 0 Å². The third-order valence-electron chi connectivity index (χ3n) is 2.67. The number of anilines is 1. The van der Waals surface area contributed by atoms with Gasteiger partial charge >= 0.3 is 5.97 Å². The van der Waals surface area contributed by atoms with Gasteiger partial charge in [-0.25, -0.2) is 0 Å². The summed E-state index contributed by atoms with van der Waals surface area (Å²) in [6.45, 7) is -0.488. The molecule has 1 aromatic heterocycles. The average molecular weight is 351 g/mol. The van der Waals surface area contributed by atoms with Crippen molar-refractivity contribution in [2.75, 3.05) is 5.32 Å². The number of hydrogen-bond donors (Lipinski definition) is 2. The number of aliphatic carboxylic acids is 1. The number of amides is 1. The van der Waals surface area contributed by atoms with Crippen LogP contribution in [0.5, 0.6) is 0 Å². The highest BCUT2D eigenvalue weighted by atomic mass is 79.9. The number of halogens is 1.